The van der Waals surface area contributed by atoms with Crippen LogP contribution < -0.4 is 19.5 Å². The number of ether oxygens (including phenoxy) is 2. The Balaban J connectivity index is 0.00000380. The highest BCUT2D eigenvalue weighted by molar-refractivity contribution is 7.92. The van der Waals surface area contributed by atoms with Crippen molar-refractivity contribution in [3.8, 4) is 23.1 Å². The van der Waals surface area contributed by atoms with Gasteiger partial charge in [-0.15, -0.1) is 24.8 Å². The monoisotopic (exact) mass is 605 g/mol. The van der Waals surface area contributed by atoms with Crippen molar-refractivity contribution in [2.75, 3.05) is 30.7 Å². The molecule has 2 aromatic carbocycles. The van der Waals surface area contributed by atoms with Gasteiger partial charge in [-0.25, -0.2) is 13.4 Å². The van der Waals surface area contributed by atoms with E-state index in [0.29, 0.717) is 23.6 Å². The molecule has 0 radical (unpaired) electrons. The van der Waals surface area contributed by atoms with Crippen LogP contribution in [0.5, 0.6) is 23.1 Å². The van der Waals surface area contributed by atoms with Gasteiger partial charge in [-0.1, -0.05) is 12.1 Å². The minimum absolute atomic E-state index is 0. The predicted molar refractivity (Wildman–Crippen MR) is 152 cm³/mol. The van der Waals surface area contributed by atoms with Crippen molar-refractivity contribution in [3.05, 3.63) is 71.9 Å². The molecular weight excluding hydrogens is 573 g/mol. The second-order valence-electron chi connectivity index (χ2n) is 8.38. The molecule has 0 aliphatic heterocycles. The number of aliphatic hydroxyl groups is 3. The summed E-state index contributed by atoms with van der Waals surface area (Å²) >= 11 is 0. The molecule has 0 aliphatic carbocycles. The topological polar surface area (TPSA) is 170 Å². The van der Waals surface area contributed by atoms with E-state index in [-0.39, 0.29) is 74.4 Å². The fraction of sp³-hybridized carbons (Fsp3) is 0.320. The Kier molecular flexibility index (Phi) is 14.3. The first kappa shape index (κ1) is 34.2. The van der Waals surface area contributed by atoms with E-state index in [1.54, 1.807) is 30.5 Å². The van der Waals surface area contributed by atoms with Crippen molar-refractivity contribution in [2.24, 2.45) is 0 Å². The number of sulfonamides is 1. The number of nitrogens with zero attached hydrogens (tertiary/aromatic N) is 1. The third-order valence-electron chi connectivity index (χ3n) is 5.21. The molecule has 0 bridgehead atoms. The summed E-state index contributed by atoms with van der Waals surface area (Å²) in [5.41, 5.74) is 1.48. The predicted octanol–water partition coefficient (Wildman–Crippen LogP) is 2.22. The van der Waals surface area contributed by atoms with Crippen molar-refractivity contribution in [2.45, 2.75) is 25.2 Å². The van der Waals surface area contributed by atoms with Crippen molar-refractivity contribution in [3.63, 3.8) is 0 Å². The Morgan fingerprint density at radius 1 is 1.03 bits per heavy atom. The zero-order chi connectivity index (χ0) is 26.8. The fourth-order valence-corrected chi connectivity index (χ4v) is 3.93. The van der Waals surface area contributed by atoms with Gasteiger partial charge in [0.25, 0.3) is 0 Å². The van der Waals surface area contributed by atoms with Gasteiger partial charge in [0.1, 0.15) is 30.0 Å². The fourth-order valence-electron chi connectivity index (χ4n) is 3.37. The number of phenolic OH excluding ortho intramolecular Hbond substituents is 1. The molecule has 11 nitrogen and oxygen atoms in total. The normalized spacial score (nSPS) is 12.4. The molecule has 14 heteroatoms. The number of aromatic nitrogens is 1. The van der Waals surface area contributed by atoms with Crippen LogP contribution in [0.15, 0.2) is 60.8 Å². The number of nitrogens with one attached hydrogen (secondary N) is 2. The van der Waals surface area contributed by atoms with Crippen LogP contribution in [0.25, 0.3) is 0 Å². The van der Waals surface area contributed by atoms with Crippen LogP contribution in [0, 0.1) is 0 Å². The highest BCUT2D eigenvalue weighted by Crippen LogP contribution is 2.29. The molecule has 0 fully saturated rings. The number of phenols is 1. The highest BCUT2D eigenvalue weighted by Gasteiger charge is 2.14. The molecule has 0 spiro atoms. The van der Waals surface area contributed by atoms with E-state index < -0.39 is 16.1 Å². The number of anilines is 1. The molecule has 0 saturated heterocycles. The number of aliphatic hydroxyl groups excluding tert-OH is 3. The lowest BCUT2D eigenvalue weighted by Crippen LogP contribution is -2.41. The van der Waals surface area contributed by atoms with Gasteiger partial charge < -0.3 is 35.2 Å². The summed E-state index contributed by atoms with van der Waals surface area (Å²) in [5, 5.41) is 42.3. The van der Waals surface area contributed by atoms with Gasteiger partial charge in [-0.05, 0) is 48.4 Å². The first-order chi connectivity index (χ1) is 17.7. The zero-order valence-electron chi connectivity index (χ0n) is 21.1. The summed E-state index contributed by atoms with van der Waals surface area (Å²) in [6, 6.07) is 14.4. The Bertz CT molecular complexity index is 1270. The molecular formula is C25H33Cl2N3O8S. The van der Waals surface area contributed by atoms with Crippen LogP contribution in [0.4, 0.5) is 5.69 Å². The maximum absolute atomic E-state index is 11.4. The molecule has 0 aliphatic rings. The molecule has 39 heavy (non-hydrogen) atoms. The van der Waals surface area contributed by atoms with E-state index in [1.165, 1.54) is 18.2 Å². The van der Waals surface area contributed by atoms with E-state index in [0.717, 1.165) is 11.8 Å². The lowest BCUT2D eigenvalue weighted by Gasteiger charge is -2.20. The van der Waals surface area contributed by atoms with Gasteiger partial charge in [-0.2, -0.15) is 0 Å². The van der Waals surface area contributed by atoms with Crippen LogP contribution >= 0.6 is 24.8 Å². The molecule has 0 unspecified atom stereocenters. The van der Waals surface area contributed by atoms with E-state index >= 15 is 0 Å². The molecule has 1 heterocycles. The van der Waals surface area contributed by atoms with Crippen LogP contribution in [0.1, 0.15) is 11.1 Å². The van der Waals surface area contributed by atoms with Crippen molar-refractivity contribution >= 4 is 40.5 Å². The van der Waals surface area contributed by atoms with E-state index in [1.807, 2.05) is 12.1 Å². The zero-order valence-corrected chi connectivity index (χ0v) is 23.5. The molecule has 0 saturated carbocycles. The Hall–Kier alpha value is -2.84. The largest absolute Gasteiger partial charge is 0.506 e. The summed E-state index contributed by atoms with van der Waals surface area (Å²) in [6.45, 7) is -0.289. The quantitative estimate of drug-likeness (QED) is 0.150. The number of benzene rings is 2. The summed E-state index contributed by atoms with van der Waals surface area (Å²) < 4.78 is 36.2. The van der Waals surface area contributed by atoms with Gasteiger partial charge in [0.15, 0.2) is 0 Å². The van der Waals surface area contributed by atoms with E-state index in [9.17, 15) is 28.8 Å². The Morgan fingerprint density at radius 2 is 1.72 bits per heavy atom. The van der Waals surface area contributed by atoms with Gasteiger partial charge in [-0.3, -0.25) is 4.72 Å². The lowest BCUT2D eigenvalue weighted by molar-refractivity contribution is 0.0997. The van der Waals surface area contributed by atoms with Crippen molar-refractivity contribution in [1.29, 1.82) is 0 Å². The summed E-state index contributed by atoms with van der Waals surface area (Å²) in [5.74, 6) is 0.902. The summed E-state index contributed by atoms with van der Waals surface area (Å²) in [6.07, 6.45) is 2.13. The lowest BCUT2D eigenvalue weighted by atomic mass is 10.1. The number of hydrogen-bond acceptors (Lipinski definition) is 10. The van der Waals surface area contributed by atoms with Gasteiger partial charge in [0, 0.05) is 30.4 Å². The maximum atomic E-state index is 11.4. The molecule has 0 amide bonds. The molecule has 3 rings (SSSR count). The minimum Gasteiger partial charge on any atom is -0.506 e. The first-order valence-electron chi connectivity index (χ1n) is 11.4. The molecule has 216 valence electrons. The average Bonchev–Trinajstić information content (AvgIpc) is 2.87. The molecule has 1 aromatic heterocycles. The maximum Gasteiger partial charge on any atom is 0.229 e. The van der Waals surface area contributed by atoms with E-state index in [2.05, 4.69) is 15.0 Å². The molecule has 3 aromatic rings. The number of hydrogen-bond donors (Lipinski definition) is 6. The number of pyridine rings is 1. The Labute approximate surface area is 239 Å². The summed E-state index contributed by atoms with van der Waals surface area (Å²) in [7, 11) is -3.58. The number of halogens is 2. The van der Waals surface area contributed by atoms with E-state index in [4.69, 9.17) is 9.47 Å². The average molecular weight is 607 g/mol. The highest BCUT2D eigenvalue weighted by atomic mass is 35.5. The van der Waals surface area contributed by atoms with Crippen molar-refractivity contribution < 1.29 is 38.3 Å². The van der Waals surface area contributed by atoms with Gasteiger partial charge in [0.2, 0.25) is 15.9 Å². The number of rotatable bonds is 14. The van der Waals surface area contributed by atoms with Crippen LogP contribution in [0.2, 0.25) is 0 Å². The second kappa shape index (κ2) is 16.3. The minimum atomic E-state index is -3.58. The molecule has 2 atom stereocenters. The second-order valence-corrected chi connectivity index (χ2v) is 10.1. The smallest absolute Gasteiger partial charge is 0.229 e. The molecule has 6 N–H and O–H groups in total. The SMILES string of the molecule is CS(=O)(=O)Nc1cc(OC[C@H](O)CN[C@H](CO)Cc2ccc(Oc3ncccc3CO)cc2)ccc1O.Cl.Cl. The third kappa shape index (κ3) is 11.4. The standard InChI is InChI=1S/C25H31N3O8S.2ClH/c1-37(33,34)28-23-12-22(8-9-24(23)32)35-16-20(31)13-27-19(15-30)11-17-4-6-21(7-5-17)36-25-18(14-29)3-2-10-26-25;;/h2-10,12,19-20,27-32H,11,13-16H2,1H3;2*1H/t19-,20+;;/m0../s1. The first-order valence-corrected chi connectivity index (χ1v) is 13.3. The van der Waals surface area contributed by atoms with Crippen LogP contribution in [-0.4, -0.2) is 72.0 Å². The van der Waals surface area contributed by atoms with Crippen LogP contribution in [-0.2, 0) is 23.1 Å². The number of aromatic hydroxyl groups is 1. The van der Waals surface area contributed by atoms with Crippen molar-refractivity contribution in [1.82, 2.24) is 10.3 Å². The summed E-state index contributed by atoms with van der Waals surface area (Å²) in [4.78, 5) is 4.13. The van der Waals surface area contributed by atoms with Gasteiger partial charge >= 0.3 is 0 Å². The third-order valence-corrected chi connectivity index (χ3v) is 5.80. The Morgan fingerprint density at radius 3 is 2.36 bits per heavy atom. The van der Waals surface area contributed by atoms with Gasteiger partial charge in [0.05, 0.1) is 25.2 Å². The van der Waals surface area contributed by atoms with Crippen LogP contribution in [0.3, 0.4) is 0 Å².